The van der Waals surface area contributed by atoms with Crippen molar-refractivity contribution in [2.45, 2.75) is 43.9 Å². The number of carbonyl (C=O) groups is 1. The summed E-state index contributed by atoms with van der Waals surface area (Å²) in [5, 5.41) is 2.77. The van der Waals surface area contributed by atoms with Crippen LogP contribution in [-0.4, -0.2) is 17.2 Å². The molecule has 27 heavy (non-hydrogen) atoms. The lowest BCUT2D eigenvalue weighted by atomic mass is 9.98. The molecule has 0 saturated heterocycles. The third kappa shape index (κ3) is 4.71. The Morgan fingerprint density at radius 1 is 1.00 bits per heavy atom. The Morgan fingerprint density at radius 2 is 1.44 bits per heavy atom. The zero-order chi connectivity index (χ0) is 19.3. The van der Waals surface area contributed by atoms with Crippen LogP contribution in [0.15, 0.2) is 60.7 Å². The monoisotopic (exact) mass is 388 g/mol. The molecule has 1 aliphatic carbocycles. The second-order valence-corrected chi connectivity index (χ2v) is 9.08. The van der Waals surface area contributed by atoms with Crippen LogP contribution in [0.4, 0.5) is 0 Å². The third-order valence-electron chi connectivity index (χ3n) is 4.71. The first-order valence-electron chi connectivity index (χ1n) is 9.10. The van der Waals surface area contributed by atoms with Crippen molar-refractivity contribution in [2.24, 2.45) is 5.73 Å². The van der Waals surface area contributed by atoms with Crippen LogP contribution in [0, 0.1) is 0 Å². The predicted molar refractivity (Wildman–Crippen MR) is 105 cm³/mol. The molecular weight excluding hydrogens is 363 g/mol. The molecule has 1 saturated carbocycles. The van der Waals surface area contributed by atoms with Crippen molar-refractivity contribution in [2.75, 3.05) is 0 Å². The Labute approximate surface area is 159 Å². The zero-order valence-corrected chi connectivity index (χ0v) is 16.2. The highest BCUT2D eigenvalue weighted by molar-refractivity contribution is 7.55. The minimum Gasteiger partial charge on any atom is -0.415 e. The molecule has 2 aromatic carbocycles. The fraction of sp³-hybridized carbons (Fsp3) is 0.350. The van der Waals surface area contributed by atoms with E-state index in [1.165, 1.54) is 0 Å². The first kappa shape index (κ1) is 19.5. The van der Waals surface area contributed by atoms with Crippen molar-refractivity contribution in [1.29, 1.82) is 0 Å². The van der Waals surface area contributed by atoms with Crippen molar-refractivity contribution >= 4 is 13.5 Å². The smallest absolute Gasteiger partial charge is 0.415 e. The van der Waals surface area contributed by atoms with Gasteiger partial charge in [0.05, 0.1) is 5.54 Å². The van der Waals surface area contributed by atoms with Gasteiger partial charge in [-0.05, 0) is 44.0 Å². The Kier molecular flexibility index (Phi) is 5.88. The molecule has 0 spiro atoms. The van der Waals surface area contributed by atoms with E-state index in [2.05, 4.69) is 5.32 Å². The zero-order valence-electron chi connectivity index (χ0n) is 15.3. The Morgan fingerprint density at radius 3 is 1.89 bits per heavy atom. The summed E-state index contributed by atoms with van der Waals surface area (Å²) in [7, 11) is -3.77. The maximum absolute atomic E-state index is 13.6. The second-order valence-electron chi connectivity index (χ2n) is 6.86. The standard InChI is InChI=1S/C20H25N2O4P/c1-16(22-19(23)20(21)14-8-9-15-20)27(24,25-17-10-4-2-5-11-17)26-18-12-6-3-7-13-18/h2-7,10-13,16H,8-9,14-15,21H2,1H3,(H,22,23). The van der Waals surface area contributed by atoms with E-state index in [0.29, 0.717) is 24.3 Å². The molecule has 3 rings (SSSR count). The van der Waals surface area contributed by atoms with Crippen molar-refractivity contribution in [3.05, 3.63) is 60.7 Å². The Hall–Kier alpha value is -2.30. The molecule has 0 heterocycles. The molecule has 0 aliphatic heterocycles. The maximum Gasteiger partial charge on any atom is 0.452 e. The Bertz CT molecular complexity index is 762. The van der Waals surface area contributed by atoms with Crippen molar-refractivity contribution in [3.8, 4) is 11.5 Å². The number of carbonyl (C=O) groups excluding carboxylic acids is 1. The molecule has 7 heteroatoms. The van der Waals surface area contributed by atoms with Crippen LogP contribution in [0.2, 0.25) is 0 Å². The highest BCUT2D eigenvalue weighted by Crippen LogP contribution is 2.52. The summed E-state index contributed by atoms with van der Waals surface area (Å²) in [5.74, 6) is -0.380. The molecule has 2 aromatic rings. The number of nitrogens with one attached hydrogen (secondary N) is 1. The molecule has 1 atom stereocenters. The highest BCUT2D eigenvalue weighted by Gasteiger charge is 2.43. The van der Waals surface area contributed by atoms with E-state index < -0.39 is 18.9 Å². The molecule has 1 amide bonds. The summed E-state index contributed by atoms with van der Waals surface area (Å²) in [5.41, 5.74) is 5.30. The van der Waals surface area contributed by atoms with Crippen molar-refractivity contribution in [1.82, 2.24) is 5.32 Å². The van der Waals surface area contributed by atoms with Gasteiger partial charge in [-0.1, -0.05) is 49.2 Å². The van der Waals surface area contributed by atoms with E-state index in [4.69, 9.17) is 14.8 Å². The lowest BCUT2D eigenvalue weighted by Crippen LogP contribution is -2.54. The van der Waals surface area contributed by atoms with Crippen molar-refractivity contribution in [3.63, 3.8) is 0 Å². The second kappa shape index (κ2) is 8.15. The minimum absolute atomic E-state index is 0.318. The van der Waals surface area contributed by atoms with E-state index in [-0.39, 0.29) is 5.91 Å². The first-order valence-corrected chi connectivity index (χ1v) is 10.7. The molecule has 0 bridgehead atoms. The summed E-state index contributed by atoms with van der Waals surface area (Å²) < 4.78 is 25.1. The van der Waals surface area contributed by atoms with E-state index in [0.717, 1.165) is 12.8 Å². The summed E-state index contributed by atoms with van der Waals surface area (Å²) in [4.78, 5) is 12.7. The van der Waals surface area contributed by atoms with Crippen LogP contribution in [0.25, 0.3) is 0 Å². The topological polar surface area (TPSA) is 90.7 Å². The fourth-order valence-electron chi connectivity index (χ4n) is 3.08. The number of hydrogen-bond acceptors (Lipinski definition) is 5. The van der Waals surface area contributed by atoms with Crippen LogP contribution in [0.1, 0.15) is 32.6 Å². The summed E-state index contributed by atoms with van der Waals surface area (Å²) in [6.45, 7) is 1.61. The molecule has 1 aliphatic rings. The number of amides is 1. The van der Waals surface area contributed by atoms with Crippen LogP contribution in [0.3, 0.4) is 0 Å². The largest absolute Gasteiger partial charge is 0.452 e. The molecule has 144 valence electrons. The van der Waals surface area contributed by atoms with Gasteiger partial charge in [0, 0.05) is 0 Å². The predicted octanol–water partition coefficient (Wildman–Crippen LogP) is 4.07. The SMILES string of the molecule is CC(NC(=O)C1(N)CCCC1)P(=O)(Oc1ccccc1)Oc1ccccc1. The first-order chi connectivity index (χ1) is 12.9. The van der Waals surface area contributed by atoms with Gasteiger partial charge in [-0.3, -0.25) is 4.79 Å². The van der Waals surface area contributed by atoms with E-state index in [1.54, 1.807) is 55.5 Å². The summed E-state index contributed by atoms with van der Waals surface area (Å²) >= 11 is 0. The van der Waals surface area contributed by atoms with E-state index in [9.17, 15) is 9.36 Å². The fourth-order valence-corrected chi connectivity index (χ4v) is 4.54. The Balaban J connectivity index is 1.81. The van der Waals surface area contributed by atoms with Gasteiger partial charge in [-0.2, -0.15) is 0 Å². The summed E-state index contributed by atoms with van der Waals surface area (Å²) in [6.07, 6.45) is 3.07. The van der Waals surface area contributed by atoms with Crippen LogP contribution in [-0.2, 0) is 9.36 Å². The maximum atomic E-state index is 13.6. The number of nitrogens with two attached hydrogens (primary N) is 1. The van der Waals surface area contributed by atoms with Gasteiger partial charge in [0.25, 0.3) is 0 Å². The minimum atomic E-state index is -3.77. The van der Waals surface area contributed by atoms with Gasteiger partial charge in [-0.25, -0.2) is 4.57 Å². The lowest BCUT2D eigenvalue weighted by Gasteiger charge is -2.29. The normalized spacial score (nSPS) is 17.1. The average Bonchev–Trinajstić information content (AvgIpc) is 3.11. The highest BCUT2D eigenvalue weighted by atomic mass is 31.2. The van der Waals surface area contributed by atoms with Crippen LogP contribution >= 0.6 is 7.60 Å². The van der Waals surface area contributed by atoms with Gasteiger partial charge in [0.2, 0.25) is 5.91 Å². The third-order valence-corrected chi connectivity index (χ3v) is 6.72. The van der Waals surface area contributed by atoms with Crippen LogP contribution < -0.4 is 20.1 Å². The van der Waals surface area contributed by atoms with Gasteiger partial charge in [-0.15, -0.1) is 0 Å². The molecule has 6 nitrogen and oxygen atoms in total. The summed E-state index contributed by atoms with van der Waals surface area (Å²) in [6, 6.07) is 17.5. The van der Waals surface area contributed by atoms with E-state index in [1.807, 2.05) is 12.1 Å². The molecule has 0 radical (unpaired) electrons. The molecular formula is C20H25N2O4P. The van der Waals surface area contributed by atoms with Gasteiger partial charge in [0.15, 0.2) is 5.78 Å². The number of para-hydroxylation sites is 2. The quantitative estimate of drug-likeness (QED) is 0.698. The molecule has 1 fully saturated rings. The molecule has 1 unspecified atom stereocenters. The molecule has 0 aromatic heterocycles. The van der Waals surface area contributed by atoms with Gasteiger partial charge in [0.1, 0.15) is 11.5 Å². The van der Waals surface area contributed by atoms with Gasteiger partial charge >= 0.3 is 7.60 Å². The number of hydrogen-bond donors (Lipinski definition) is 2. The number of benzene rings is 2. The van der Waals surface area contributed by atoms with Crippen molar-refractivity contribution < 1.29 is 18.4 Å². The average molecular weight is 388 g/mol. The van der Waals surface area contributed by atoms with Gasteiger partial charge < -0.3 is 20.1 Å². The number of rotatable bonds is 7. The lowest BCUT2D eigenvalue weighted by molar-refractivity contribution is -0.126. The van der Waals surface area contributed by atoms with E-state index >= 15 is 0 Å². The van der Waals surface area contributed by atoms with Crippen LogP contribution in [0.5, 0.6) is 11.5 Å². The molecule has 3 N–H and O–H groups in total.